The van der Waals surface area contributed by atoms with E-state index >= 15 is 0 Å². The standard InChI is InChI=1S/C21H23F2N5O2/c22-15-1-6-18(19(23)11-15)21(29,12-20-25-14-26-27-20)13-30-17-4-2-16(3-5-17)28-9-7-24-8-10-28/h1-6,11,14,24,29H,7-10,12-13H2,(H,25,26,27). The van der Waals surface area contributed by atoms with Crippen LogP contribution in [0.4, 0.5) is 14.5 Å². The zero-order chi connectivity index (χ0) is 21.0. The smallest absolute Gasteiger partial charge is 0.153 e. The molecule has 3 aromatic rings. The fraction of sp³-hybridized carbons (Fsp3) is 0.333. The molecule has 1 unspecified atom stereocenters. The molecule has 0 amide bonds. The molecular formula is C21H23F2N5O2. The van der Waals surface area contributed by atoms with Gasteiger partial charge in [-0.2, -0.15) is 5.10 Å². The first kappa shape index (κ1) is 20.2. The Kier molecular flexibility index (Phi) is 5.91. The molecule has 7 nitrogen and oxygen atoms in total. The summed E-state index contributed by atoms with van der Waals surface area (Å²) in [6, 6.07) is 10.6. The molecule has 30 heavy (non-hydrogen) atoms. The van der Waals surface area contributed by atoms with E-state index in [4.69, 9.17) is 4.74 Å². The number of aromatic amines is 1. The molecule has 2 aromatic carbocycles. The van der Waals surface area contributed by atoms with Gasteiger partial charge in [-0.1, -0.05) is 6.07 Å². The number of anilines is 1. The number of H-pyrrole nitrogens is 1. The number of ether oxygens (including phenoxy) is 1. The number of aromatic nitrogens is 3. The quantitative estimate of drug-likeness (QED) is 0.547. The second kappa shape index (κ2) is 8.76. The summed E-state index contributed by atoms with van der Waals surface area (Å²) < 4.78 is 33.6. The largest absolute Gasteiger partial charge is 0.490 e. The number of nitrogens with one attached hydrogen (secondary N) is 2. The van der Waals surface area contributed by atoms with E-state index in [-0.39, 0.29) is 18.6 Å². The van der Waals surface area contributed by atoms with Crippen LogP contribution in [0.2, 0.25) is 0 Å². The highest BCUT2D eigenvalue weighted by Crippen LogP contribution is 2.29. The van der Waals surface area contributed by atoms with Crippen molar-refractivity contribution in [2.45, 2.75) is 12.0 Å². The lowest BCUT2D eigenvalue weighted by Gasteiger charge is -2.30. The van der Waals surface area contributed by atoms with Crippen molar-refractivity contribution in [1.29, 1.82) is 0 Å². The molecule has 1 aliphatic heterocycles. The van der Waals surface area contributed by atoms with Gasteiger partial charge in [0.15, 0.2) is 5.82 Å². The van der Waals surface area contributed by atoms with Gasteiger partial charge in [0.1, 0.15) is 35.9 Å². The van der Waals surface area contributed by atoms with Crippen LogP contribution in [0.15, 0.2) is 48.8 Å². The summed E-state index contributed by atoms with van der Waals surface area (Å²) in [5, 5.41) is 21.1. The Morgan fingerprint density at radius 1 is 1.10 bits per heavy atom. The van der Waals surface area contributed by atoms with Crippen LogP contribution in [0.25, 0.3) is 0 Å². The highest BCUT2D eigenvalue weighted by atomic mass is 19.1. The fourth-order valence-electron chi connectivity index (χ4n) is 3.55. The Hall–Kier alpha value is -3.04. The maximum Gasteiger partial charge on any atom is 0.153 e. The monoisotopic (exact) mass is 415 g/mol. The second-order valence-electron chi connectivity index (χ2n) is 7.27. The van der Waals surface area contributed by atoms with Gasteiger partial charge >= 0.3 is 0 Å². The summed E-state index contributed by atoms with van der Waals surface area (Å²) in [5.74, 6) is -0.754. The number of hydrogen-bond acceptors (Lipinski definition) is 6. The molecule has 3 N–H and O–H groups in total. The Morgan fingerprint density at radius 3 is 2.53 bits per heavy atom. The van der Waals surface area contributed by atoms with Crippen LogP contribution in [0, 0.1) is 11.6 Å². The van der Waals surface area contributed by atoms with E-state index in [0.29, 0.717) is 11.6 Å². The maximum absolute atomic E-state index is 14.4. The van der Waals surface area contributed by atoms with Gasteiger partial charge in [-0.05, 0) is 30.3 Å². The van der Waals surface area contributed by atoms with Crippen LogP contribution >= 0.6 is 0 Å². The van der Waals surface area contributed by atoms with Crippen LogP contribution in [0.1, 0.15) is 11.4 Å². The van der Waals surface area contributed by atoms with Gasteiger partial charge in [0.2, 0.25) is 0 Å². The first-order valence-corrected chi connectivity index (χ1v) is 9.75. The summed E-state index contributed by atoms with van der Waals surface area (Å²) in [6.07, 6.45) is 1.27. The molecule has 158 valence electrons. The molecule has 1 fully saturated rings. The fourth-order valence-corrected chi connectivity index (χ4v) is 3.55. The third-order valence-corrected chi connectivity index (χ3v) is 5.14. The van der Waals surface area contributed by atoms with Gasteiger partial charge in [0.25, 0.3) is 0 Å². The summed E-state index contributed by atoms with van der Waals surface area (Å²) in [4.78, 5) is 6.27. The second-order valence-corrected chi connectivity index (χ2v) is 7.27. The Balaban J connectivity index is 1.51. The number of rotatable bonds is 7. The molecule has 0 saturated carbocycles. The van der Waals surface area contributed by atoms with Gasteiger partial charge in [-0.3, -0.25) is 5.10 Å². The summed E-state index contributed by atoms with van der Waals surface area (Å²) in [6.45, 7) is 3.49. The molecule has 0 spiro atoms. The van der Waals surface area contributed by atoms with E-state index in [0.717, 1.165) is 44.0 Å². The number of nitrogens with zero attached hydrogens (tertiary/aromatic N) is 3. The van der Waals surface area contributed by atoms with Gasteiger partial charge < -0.3 is 20.1 Å². The minimum absolute atomic E-state index is 0.0777. The zero-order valence-electron chi connectivity index (χ0n) is 16.3. The zero-order valence-corrected chi connectivity index (χ0v) is 16.3. The molecule has 1 saturated heterocycles. The molecule has 1 atom stereocenters. The number of aliphatic hydroxyl groups is 1. The van der Waals surface area contributed by atoms with E-state index in [1.165, 1.54) is 12.4 Å². The third kappa shape index (κ3) is 4.58. The Morgan fingerprint density at radius 2 is 1.87 bits per heavy atom. The summed E-state index contributed by atoms with van der Waals surface area (Å²) in [7, 11) is 0. The molecule has 0 bridgehead atoms. The van der Waals surface area contributed by atoms with Crippen LogP contribution in [-0.2, 0) is 12.0 Å². The number of benzene rings is 2. The molecular weight excluding hydrogens is 392 g/mol. The number of hydrogen-bond donors (Lipinski definition) is 3. The van der Waals surface area contributed by atoms with Gasteiger partial charge in [-0.25, -0.2) is 13.8 Å². The maximum atomic E-state index is 14.4. The Bertz CT molecular complexity index is 962. The average Bonchev–Trinajstić information content (AvgIpc) is 3.26. The average molecular weight is 415 g/mol. The van der Waals surface area contributed by atoms with Gasteiger partial charge in [-0.15, -0.1) is 0 Å². The summed E-state index contributed by atoms with van der Waals surface area (Å²) in [5.41, 5.74) is -0.771. The van der Waals surface area contributed by atoms with Crippen molar-refractivity contribution < 1.29 is 18.6 Å². The first-order chi connectivity index (χ1) is 14.5. The highest BCUT2D eigenvalue weighted by Gasteiger charge is 2.35. The van der Waals surface area contributed by atoms with Crippen LogP contribution in [-0.4, -0.2) is 53.1 Å². The van der Waals surface area contributed by atoms with E-state index in [1.54, 1.807) is 0 Å². The molecule has 2 heterocycles. The molecule has 1 aliphatic rings. The minimum atomic E-state index is -1.78. The van der Waals surface area contributed by atoms with Crippen LogP contribution in [0.3, 0.4) is 0 Å². The number of piperazine rings is 1. The predicted molar refractivity (Wildman–Crippen MR) is 107 cm³/mol. The molecule has 0 radical (unpaired) electrons. The van der Waals surface area contributed by atoms with E-state index in [9.17, 15) is 13.9 Å². The van der Waals surface area contributed by atoms with Crippen molar-refractivity contribution in [1.82, 2.24) is 20.5 Å². The Labute approximate surface area is 172 Å². The van der Waals surface area contributed by atoms with E-state index in [1.807, 2.05) is 24.3 Å². The topological polar surface area (TPSA) is 86.3 Å². The third-order valence-electron chi connectivity index (χ3n) is 5.14. The van der Waals surface area contributed by atoms with Gasteiger partial charge in [0, 0.05) is 49.9 Å². The van der Waals surface area contributed by atoms with Gasteiger partial charge in [0.05, 0.1) is 0 Å². The van der Waals surface area contributed by atoms with Crippen molar-refractivity contribution in [3.05, 3.63) is 71.8 Å². The normalized spacial score (nSPS) is 16.3. The van der Waals surface area contributed by atoms with Crippen molar-refractivity contribution in [2.75, 3.05) is 37.7 Å². The van der Waals surface area contributed by atoms with E-state index < -0.39 is 17.2 Å². The van der Waals surface area contributed by atoms with Crippen LogP contribution in [0.5, 0.6) is 5.75 Å². The van der Waals surface area contributed by atoms with Crippen molar-refractivity contribution in [3.63, 3.8) is 0 Å². The highest BCUT2D eigenvalue weighted by molar-refractivity contribution is 5.49. The number of halogens is 2. The minimum Gasteiger partial charge on any atom is -0.490 e. The lowest BCUT2D eigenvalue weighted by atomic mass is 9.90. The molecule has 4 rings (SSSR count). The van der Waals surface area contributed by atoms with Crippen molar-refractivity contribution >= 4 is 5.69 Å². The SMILES string of the molecule is OC(COc1ccc(N2CCNCC2)cc1)(Cc1nc[nH]n1)c1ccc(F)cc1F. The lowest BCUT2D eigenvalue weighted by Crippen LogP contribution is -2.43. The van der Waals surface area contributed by atoms with Crippen LogP contribution < -0.4 is 15.0 Å². The van der Waals surface area contributed by atoms with E-state index in [2.05, 4.69) is 25.4 Å². The summed E-state index contributed by atoms with van der Waals surface area (Å²) >= 11 is 0. The molecule has 1 aromatic heterocycles. The van der Waals surface area contributed by atoms with Crippen molar-refractivity contribution in [3.8, 4) is 5.75 Å². The lowest BCUT2D eigenvalue weighted by molar-refractivity contribution is -0.0138. The first-order valence-electron chi connectivity index (χ1n) is 9.75. The van der Waals surface area contributed by atoms with Crippen molar-refractivity contribution in [2.24, 2.45) is 0 Å². The molecule has 0 aliphatic carbocycles. The predicted octanol–water partition coefficient (Wildman–Crippen LogP) is 2.00. The molecule has 9 heteroatoms.